The van der Waals surface area contributed by atoms with Gasteiger partial charge in [0.15, 0.2) is 0 Å². The highest BCUT2D eigenvalue weighted by molar-refractivity contribution is 5.90. The van der Waals surface area contributed by atoms with Crippen LogP contribution >= 0.6 is 0 Å². The number of amides is 2. The van der Waals surface area contributed by atoms with Crippen molar-refractivity contribution in [2.75, 3.05) is 0 Å². The molecule has 0 radical (unpaired) electrons. The molecule has 2 amide bonds. The number of hydrogen-bond acceptors (Lipinski definition) is 6. The van der Waals surface area contributed by atoms with E-state index in [9.17, 15) is 25.0 Å². The lowest BCUT2D eigenvalue weighted by Gasteiger charge is -2.30. The van der Waals surface area contributed by atoms with E-state index in [1.54, 1.807) is 23.7 Å². The third-order valence-corrected chi connectivity index (χ3v) is 6.84. The number of fused-ring (bicyclic) bond motifs is 1. The average molecular weight is 454 g/mol. The summed E-state index contributed by atoms with van der Waals surface area (Å²) in [4.78, 5) is 26.3. The largest absolute Gasteiger partial charge is 0.508 e. The number of aromatic hydroxyl groups is 1. The molecule has 176 valence electrons. The Morgan fingerprint density at radius 2 is 1.70 bits per heavy atom. The molecule has 0 saturated heterocycles. The molecule has 8 heteroatoms. The molecular weight excluding hydrogens is 422 g/mol. The minimum absolute atomic E-state index is 0.0217. The molecule has 0 unspecified atom stereocenters. The average Bonchev–Trinajstić information content (AvgIpc) is 3.44. The van der Waals surface area contributed by atoms with Crippen molar-refractivity contribution in [2.45, 2.75) is 62.8 Å². The first-order chi connectivity index (χ1) is 16.0. The fraction of sp³-hybridized carbons (Fsp3) is 0.440. The topological polar surface area (TPSA) is 131 Å². The molecule has 0 aliphatic heterocycles. The van der Waals surface area contributed by atoms with Gasteiger partial charge in [-0.3, -0.25) is 14.8 Å². The second-order valence-electron chi connectivity index (χ2n) is 9.00. The minimum atomic E-state index is -0.974. The van der Waals surface area contributed by atoms with E-state index in [1.165, 1.54) is 6.07 Å². The quantitative estimate of drug-likeness (QED) is 0.267. The summed E-state index contributed by atoms with van der Waals surface area (Å²) in [7, 11) is 0. The molecule has 4 atom stereocenters. The van der Waals surface area contributed by atoms with Gasteiger partial charge in [0.05, 0.1) is 24.1 Å². The zero-order chi connectivity index (χ0) is 23.4. The molecule has 1 saturated carbocycles. The number of aliphatic hydroxyl groups excluding tert-OH is 1. The van der Waals surface area contributed by atoms with Crippen molar-refractivity contribution < 1.29 is 25.0 Å². The maximum Gasteiger partial charge on any atom is 0.248 e. The summed E-state index contributed by atoms with van der Waals surface area (Å²) in [6, 6.07) is 12.7. The zero-order valence-corrected chi connectivity index (χ0v) is 18.4. The van der Waals surface area contributed by atoms with E-state index in [0.29, 0.717) is 12.0 Å². The van der Waals surface area contributed by atoms with E-state index in [-0.39, 0.29) is 18.2 Å². The van der Waals surface area contributed by atoms with Gasteiger partial charge in [-0.05, 0) is 42.0 Å². The molecular formula is C25H31N3O5. The van der Waals surface area contributed by atoms with E-state index in [0.717, 1.165) is 36.8 Å². The number of phenols is 1. The van der Waals surface area contributed by atoms with Crippen molar-refractivity contribution in [3.8, 4) is 5.75 Å². The number of benzene rings is 2. The minimum Gasteiger partial charge on any atom is -0.508 e. The molecule has 2 aromatic rings. The number of para-hydroxylation sites is 1. The number of rotatable bonds is 8. The predicted molar refractivity (Wildman–Crippen MR) is 121 cm³/mol. The maximum absolute atomic E-state index is 13.6. The fourth-order valence-corrected chi connectivity index (χ4v) is 5.08. The van der Waals surface area contributed by atoms with E-state index >= 15 is 0 Å². The van der Waals surface area contributed by atoms with Gasteiger partial charge in [0.25, 0.3) is 0 Å². The Morgan fingerprint density at radius 3 is 2.42 bits per heavy atom. The molecule has 33 heavy (non-hydrogen) atoms. The molecule has 0 spiro atoms. The number of aliphatic hydroxyl groups is 1. The Labute approximate surface area is 193 Å². The summed E-state index contributed by atoms with van der Waals surface area (Å²) < 4.78 is 0. The molecule has 6 N–H and O–H groups in total. The number of hydroxylamine groups is 1. The Bertz CT molecular complexity index is 992. The van der Waals surface area contributed by atoms with Crippen LogP contribution in [0.3, 0.4) is 0 Å². The molecule has 2 aliphatic rings. The van der Waals surface area contributed by atoms with Crippen LogP contribution in [0.4, 0.5) is 0 Å². The number of nitrogens with one attached hydrogen (secondary N) is 3. The molecule has 0 heterocycles. The maximum atomic E-state index is 13.6. The first-order valence-electron chi connectivity index (χ1n) is 11.5. The van der Waals surface area contributed by atoms with Crippen molar-refractivity contribution >= 4 is 11.8 Å². The van der Waals surface area contributed by atoms with Gasteiger partial charge >= 0.3 is 0 Å². The summed E-state index contributed by atoms with van der Waals surface area (Å²) >= 11 is 0. The Hall–Kier alpha value is -2.94. The first kappa shape index (κ1) is 23.2. The van der Waals surface area contributed by atoms with Crippen molar-refractivity contribution in [3.63, 3.8) is 0 Å². The standard InChI is InChI=1S/C25H31N3O5/c29-20-12-6-2-8-16(20)13-19(24(31)28-33)23(26-17-9-3-4-10-17)25(32)27-22-18-11-5-1-7-15(18)14-21(22)30/h1-2,5-8,11-12,17,19,21-23,26,29-30,33H,3-4,9-10,13-14H2,(H,27,32)(H,28,31)/t19-,21+,22-,23+/m0/s1. The molecule has 8 nitrogen and oxygen atoms in total. The van der Waals surface area contributed by atoms with E-state index in [2.05, 4.69) is 10.6 Å². The molecule has 1 fully saturated rings. The van der Waals surface area contributed by atoms with Crippen LogP contribution in [-0.2, 0) is 22.4 Å². The summed E-state index contributed by atoms with van der Waals surface area (Å²) in [6.07, 6.45) is 3.60. The third-order valence-electron chi connectivity index (χ3n) is 6.84. The van der Waals surface area contributed by atoms with Crippen molar-refractivity contribution in [1.82, 2.24) is 16.1 Å². The van der Waals surface area contributed by atoms with Crippen LogP contribution in [0.25, 0.3) is 0 Å². The van der Waals surface area contributed by atoms with E-state index in [4.69, 9.17) is 0 Å². The highest BCUT2D eigenvalue weighted by Crippen LogP contribution is 2.32. The third kappa shape index (κ3) is 5.19. The van der Waals surface area contributed by atoms with Crippen LogP contribution in [0.1, 0.15) is 48.4 Å². The van der Waals surface area contributed by atoms with Crippen LogP contribution in [0.15, 0.2) is 48.5 Å². The van der Waals surface area contributed by atoms with Gasteiger partial charge in [0.1, 0.15) is 5.75 Å². The zero-order valence-electron chi connectivity index (χ0n) is 18.4. The fourth-order valence-electron chi connectivity index (χ4n) is 5.08. The van der Waals surface area contributed by atoms with Crippen LogP contribution in [-0.4, -0.2) is 45.4 Å². The van der Waals surface area contributed by atoms with E-state index in [1.807, 2.05) is 24.3 Å². The lowest BCUT2D eigenvalue weighted by Crippen LogP contribution is -2.56. The van der Waals surface area contributed by atoms with Gasteiger partial charge in [-0.25, -0.2) is 5.48 Å². The van der Waals surface area contributed by atoms with Gasteiger partial charge in [0.2, 0.25) is 11.8 Å². The van der Waals surface area contributed by atoms with Crippen LogP contribution in [0.2, 0.25) is 0 Å². The lowest BCUT2D eigenvalue weighted by atomic mass is 9.89. The SMILES string of the molecule is O=C(NO)[C@@H](Cc1ccccc1O)[C@@H](NC1CCCC1)C(=O)N[C@H]1c2ccccc2C[C@H]1O. The van der Waals surface area contributed by atoms with Crippen LogP contribution in [0.5, 0.6) is 5.75 Å². The molecule has 0 bridgehead atoms. The van der Waals surface area contributed by atoms with Gasteiger partial charge in [-0.15, -0.1) is 0 Å². The van der Waals surface area contributed by atoms with Crippen molar-refractivity contribution in [2.24, 2.45) is 5.92 Å². The number of carbonyl (C=O) groups excluding carboxylic acids is 2. The monoisotopic (exact) mass is 453 g/mol. The van der Waals surface area contributed by atoms with E-state index < -0.39 is 35.9 Å². The number of carbonyl (C=O) groups is 2. The summed E-state index contributed by atoms with van der Waals surface area (Å²) in [5.41, 5.74) is 4.04. The van der Waals surface area contributed by atoms with Gasteiger partial charge in [-0.2, -0.15) is 0 Å². The van der Waals surface area contributed by atoms with Crippen LogP contribution < -0.4 is 16.1 Å². The van der Waals surface area contributed by atoms with Gasteiger partial charge in [-0.1, -0.05) is 55.3 Å². The summed E-state index contributed by atoms with van der Waals surface area (Å²) in [5, 5.41) is 36.6. The normalized spacial score (nSPS) is 21.9. The van der Waals surface area contributed by atoms with Gasteiger partial charge < -0.3 is 20.8 Å². The Kier molecular flexibility index (Phi) is 7.27. The highest BCUT2D eigenvalue weighted by atomic mass is 16.5. The van der Waals surface area contributed by atoms with Crippen molar-refractivity contribution in [3.05, 3.63) is 65.2 Å². The number of phenolic OH excluding ortho intramolecular Hbond substituents is 1. The molecule has 0 aromatic heterocycles. The Morgan fingerprint density at radius 1 is 1.00 bits per heavy atom. The van der Waals surface area contributed by atoms with Gasteiger partial charge in [0, 0.05) is 12.5 Å². The Balaban J connectivity index is 1.61. The smallest absolute Gasteiger partial charge is 0.248 e. The second kappa shape index (κ2) is 10.3. The summed E-state index contributed by atoms with van der Waals surface area (Å²) in [5.74, 6) is -2.09. The van der Waals surface area contributed by atoms with Crippen LogP contribution in [0, 0.1) is 5.92 Å². The lowest BCUT2D eigenvalue weighted by molar-refractivity contribution is -0.139. The second-order valence-corrected chi connectivity index (χ2v) is 9.00. The number of hydrogen-bond donors (Lipinski definition) is 6. The first-order valence-corrected chi connectivity index (χ1v) is 11.5. The van der Waals surface area contributed by atoms with Crippen molar-refractivity contribution in [1.29, 1.82) is 0 Å². The molecule has 4 rings (SSSR count). The highest BCUT2D eigenvalue weighted by Gasteiger charge is 2.39. The summed E-state index contributed by atoms with van der Waals surface area (Å²) in [6.45, 7) is 0. The predicted octanol–water partition coefficient (Wildman–Crippen LogP) is 1.73. The molecule has 2 aromatic carbocycles. The molecule has 2 aliphatic carbocycles.